The maximum absolute atomic E-state index is 13.0. The number of hydrogen-bond donors (Lipinski definition) is 1. The third-order valence-corrected chi connectivity index (χ3v) is 5.23. The lowest BCUT2D eigenvalue weighted by atomic mass is 9.96. The maximum Gasteiger partial charge on any atom is 0.337 e. The smallest absolute Gasteiger partial charge is 0.337 e. The quantitative estimate of drug-likeness (QED) is 0.842. The largest absolute Gasteiger partial charge is 0.465 e. The molecule has 1 atom stereocenters. The van der Waals surface area contributed by atoms with Crippen LogP contribution in [-0.2, 0) is 4.74 Å². The van der Waals surface area contributed by atoms with E-state index in [1.165, 1.54) is 7.11 Å². The molecule has 0 radical (unpaired) electrons. The molecule has 0 bridgehead atoms. The summed E-state index contributed by atoms with van der Waals surface area (Å²) in [7, 11) is 1.37. The first-order valence-electron chi connectivity index (χ1n) is 9.35. The number of piperidine rings is 1. The lowest BCUT2D eigenvalue weighted by Gasteiger charge is -2.35. The first-order chi connectivity index (χ1) is 13.0. The Labute approximate surface area is 160 Å². The molecule has 1 aliphatic rings. The molecule has 1 aliphatic heterocycles. The zero-order chi connectivity index (χ0) is 19.4. The third kappa shape index (κ3) is 4.03. The Morgan fingerprint density at radius 1 is 1.15 bits per heavy atom. The Bertz CT molecular complexity index is 847. The summed E-state index contributed by atoms with van der Waals surface area (Å²) in [6.45, 7) is 3.21. The van der Waals surface area contributed by atoms with Crippen LogP contribution in [-0.4, -0.2) is 43.0 Å². The fourth-order valence-electron chi connectivity index (χ4n) is 3.73. The van der Waals surface area contributed by atoms with E-state index in [1.54, 1.807) is 6.07 Å². The second-order valence-electron chi connectivity index (χ2n) is 6.99. The van der Waals surface area contributed by atoms with Gasteiger partial charge >= 0.3 is 5.97 Å². The van der Waals surface area contributed by atoms with Gasteiger partial charge in [-0.2, -0.15) is 0 Å². The van der Waals surface area contributed by atoms with Crippen molar-refractivity contribution < 1.29 is 14.3 Å². The maximum atomic E-state index is 13.0. The van der Waals surface area contributed by atoms with Crippen LogP contribution in [0.5, 0.6) is 0 Å². The molecule has 2 aromatic carbocycles. The molecule has 1 saturated heterocycles. The van der Waals surface area contributed by atoms with Crippen molar-refractivity contribution in [3.63, 3.8) is 0 Å². The van der Waals surface area contributed by atoms with Crippen LogP contribution in [0.15, 0.2) is 42.5 Å². The van der Waals surface area contributed by atoms with E-state index in [9.17, 15) is 9.59 Å². The van der Waals surface area contributed by atoms with E-state index in [0.717, 1.165) is 42.5 Å². The molecule has 0 spiro atoms. The SMILES string of the molecule is COC(=O)c1ccc(-c2cccc(C(=O)N3CCCCC3CN)c2)c(C)c1. The molecule has 1 unspecified atom stereocenters. The zero-order valence-corrected chi connectivity index (χ0v) is 15.9. The summed E-state index contributed by atoms with van der Waals surface area (Å²) in [5.41, 5.74) is 9.96. The first-order valence-corrected chi connectivity index (χ1v) is 9.35. The molecule has 3 rings (SSSR count). The monoisotopic (exact) mass is 366 g/mol. The van der Waals surface area contributed by atoms with Gasteiger partial charge < -0.3 is 15.4 Å². The van der Waals surface area contributed by atoms with Crippen LogP contribution in [0, 0.1) is 6.92 Å². The molecule has 142 valence electrons. The molecule has 2 N–H and O–H groups in total. The average molecular weight is 366 g/mol. The molecule has 0 aliphatic carbocycles. The molecular formula is C22H26N2O3. The van der Waals surface area contributed by atoms with E-state index >= 15 is 0 Å². The number of amides is 1. The van der Waals surface area contributed by atoms with Crippen LogP contribution < -0.4 is 5.73 Å². The minimum Gasteiger partial charge on any atom is -0.465 e. The van der Waals surface area contributed by atoms with Crippen LogP contribution >= 0.6 is 0 Å². The minimum atomic E-state index is -0.355. The van der Waals surface area contributed by atoms with Gasteiger partial charge in [-0.15, -0.1) is 0 Å². The van der Waals surface area contributed by atoms with Crippen molar-refractivity contribution in [2.75, 3.05) is 20.2 Å². The number of aryl methyl sites for hydroxylation is 1. The molecule has 5 heteroatoms. The number of esters is 1. The Morgan fingerprint density at radius 3 is 2.67 bits per heavy atom. The fraction of sp³-hybridized carbons (Fsp3) is 0.364. The Balaban J connectivity index is 1.89. The summed E-state index contributed by atoms with van der Waals surface area (Å²) in [6, 6.07) is 13.2. The number of ether oxygens (including phenoxy) is 1. The van der Waals surface area contributed by atoms with E-state index in [0.29, 0.717) is 17.7 Å². The van der Waals surface area contributed by atoms with Gasteiger partial charge in [-0.3, -0.25) is 4.79 Å². The van der Waals surface area contributed by atoms with Crippen LogP contribution in [0.3, 0.4) is 0 Å². The number of nitrogens with two attached hydrogens (primary N) is 1. The number of carbonyl (C=O) groups is 2. The van der Waals surface area contributed by atoms with Crippen molar-refractivity contribution in [3.05, 3.63) is 59.2 Å². The predicted octanol–water partition coefficient (Wildman–Crippen LogP) is 3.40. The van der Waals surface area contributed by atoms with Gasteiger partial charge in [0.25, 0.3) is 5.91 Å². The van der Waals surface area contributed by atoms with E-state index in [2.05, 4.69) is 0 Å². The summed E-state index contributed by atoms with van der Waals surface area (Å²) < 4.78 is 4.78. The summed E-state index contributed by atoms with van der Waals surface area (Å²) in [5, 5.41) is 0. The number of hydrogen-bond acceptors (Lipinski definition) is 4. The first kappa shape index (κ1) is 19.1. The number of carbonyl (C=O) groups excluding carboxylic acids is 2. The van der Waals surface area contributed by atoms with Crippen molar-refractivity contribution in [3.8, 4) is 11.1 Å². The predicted molar refractivity (Wildman–Crippen MR) is 106 cm³/mol. The van der Waals surface area contributed by atoms with Gasteiger partial charge in [0.2, 0.25) is 0 Å². The van der Waals surface area contributed by atoms with Gasteiger partial charge in [0, 0.05) is 24.7 Å². The molecule has 0 aromatic heterocycles. The van der Waals surface area contributed by atoms with Crippen molar-refractivity contribution in [2.24, 2.45) is 5.73 Å². The second kappa shape index (κ2) is 8.35. The summed E-state index contributed by atoms with van der Waals surface area (Å²) in [4.78, 5) is 26.7. The normalized spacial score (nSPS) is 16.9. The molecule has 1 fully saturated rings. The van der Waals surface area contributed by atoms with Crippen molar-refractivity contribution in [1.29, 1.82) is 0 Å². The van der Waals surface area contributed by atoms with E-state index in [-0.39, 0.29) is 17.9 Å². The van der Waals surface area contributed by atoms with Crippen molar-refractivity contribution >= 4 is 11.9 Å². The average Bonchev–Trinajstić information content (AvgIpc) is 2.72. The van der Waals surface area contributed by atoms with Crippen LogP contribution in [0.25, 0.3) is 11.1 Å². The Kier molecular flexibility index (Phi) is 5.91. The molecular weight excluding hydrogens is 340 g/mol. The highest BCUT2D eigenvalue weighted by Crippen LogP contribution is 2.27. The van der Waals surface area contributed by atoms with E-state index in [4.69, 9.17) is 10.5 Å². The second-order valence-corrected chi connectivity index (χ2v) is 6.99. The van der Waals surface area contributed by atoms with E-state index in [1.807, 2.05) is 48.2 Å². The number of rotatable bonds is 4. The lowest BCUT2D eigenvalue weighted by Crippen LogP contribution is -2.47. The highest BCUT2D eigenvalue weighted by molar-refractivity contribution is 5.96. The Hall–Kier alpha value is -2.66. The van der Waals surface area contributed by atoms with Crippen LogP contribution in [0.2, 0.25) is 0 Å². The summed E-state index contributed by atoms with van der Waals surface area (Å²) in [5.74, 6) is -0.317. The topological polar surface area (TPSA) is 72.6 Å². The molecule has 0 saturated carbocycles. The van der Waals surface area contributed by atoms with Crippen LogP contribution in [0.4, 0.5) is 0 Å². The van der Waals surface area contributed by atoms with E-state index < -0.39 is 0 Å². The highest BCUT2D eigenvalue weighted by Gasteiger charge is 2.26. The number of nitrogens with zero attached hydrogens (tertiary/aromatic N) is 1. The van der Waals surface area contributed by atoms with Gasteiger partial charge in [0.05, 0.1) is 12.7 Å². The number of benzene rings is 2. The fourth-order valence-corrected chi connectivity index (χ4v) is 3.73. The Morgan fingerprint density at radius 2 is 1.96 bits per heavy atom. The van der Waals surface area contributed by atoms with Gasteiger partial charge in [-0.1, -0.05) is 18.2 Å². The molecule has 1 amide bonds. The highest BCUT2D eigenvalue weighted by atomic mass is 16.5. The van der Waals surface area contributed by atoms with Crippen LogP contribution in [0.1, 0.15) is 45.5 Å². The molecule has 27 heavy (non-hydrogen) atoms. The third-order valence-electron chi connectivity index (χ3n) is 5.23. The number of methoxy groups -OCH3 is 1. The lowest BCUT2D eigenvalue weighted by molar-refractivity contribution is 0.0598. The molecule has 2 aromatic rings. The van der Waals surface area contributed by atoms with Gasteiger partial charge in [-0.25, -0.2) is 4.79 Å². The van der Waals surface area contributed by atoms with Crippen molar-refractivity contribution in [2.45, 2.75) is 32.2 Å². The molecule has 5 nitrogen and oxygen atoms in total. The van der Waals surface area contributed by atoms with Gasteiger partial charge in [0.15, 0.2) is 0 Å². The van der Waals surface area contributed by atoms with Gasteiger partial charge in [-0.05, 0) is 67.1 Å². The minimum absolute atomic E-state index is 0.0378. The molecule has 1 heterocycles. The van der Waals surface area contributed by atoms with Crippen molar-refractivity contribution in [1.82, 2.24) is 4.90 Å². The standard InChI is InChI=1S/C22H26N2O3/c1-15-12-18(22(26)27-2)9-10-20(15)16-6-5-7-17(13-16)21(25)24-11-4-3-8-19(24)14-23/h5-7,9-10,12-13,19H,3-4,8,11,14,23H2,1-2H3. The zero-order valence-electron chi connectivity index (χ0n) is 15.9. The summed E-state index contributed by atoms with van der Waals surface area (Å²) in [6.07, 6.45) is 3.11. The van der Waals surface area contributed by atoms with Gasteiger partial charge in [0.1, 0.15) is 0 Å². The summed E-state index contributed by atoms with van der Waals surface area (Å²) >= 11 is 0. The number of likely N-dealkylation sites (tertiary alicyclic amines) is 1.